The first kappa shape index (κ1) is 16.5. The van der Waals surface area contributed by atoms with Gasteiger partial charge in [0.25, 0.3) is 0 Å². The minimum Gasteiger partial charge on any atom is -0.371 e. The van der Waals surface area contributed by atoms with Gasteiger partial charge in [-0.05, 0) is 6.04 Å². The predicted molar refractivity (Wildman–Crippen MR) is 54.9 cm³/mol. The zero-order valence-electron chi connectivity index (χ0n) is 9.30. The quantitative estimate of drug-likeness (QED) is 0.704. The van der Waals surface area contributed by atoms with Gasteiger partial charge in [0.2, 0.25) is 0 Å². The van der Waals surface area contributed by atoms with E-state index in [9.17, 15) is 0 Å². The maximum absolute atomic E-state index is 4.03. The van der Waals surface area contributed by atoms with Crippen LogP contribution < -0.4 is 10.6 Å². The normalized spacial score (nSPS) is 15.2. The number of nitrogens with one attached hydrogen (secondary N) is 2. The average molecular weight is 259 g/mol. The Morgan fingerprint density at radius 1 is 1.31 bits per heavy atom. The fourth-order valence-corrected chi connectivity index (χ4v) is 1.09. The summed E-state index contributed by atoms with van der Waals surface area (Å²) in [6, 6.07) is 1.23. The molecule has 2 N–H and O–H groups in total. The van der Waals surface area contributed by atoms with Crippen LogP contribution in [0.25, 0.3) is 0 Å². The van der Waals surface area contributed by atoms with E-state index >= 15 is 0 Å². The zero-order chi connectivity index (χ0) is 9.56. The molecule has 0 aliphatic carbocycles. The summed E-state index contributed by atoms with van der Waals surface area (Å²) in [6.07, 6.45) is 2.10. The number of hydrogen-bond donors (Lipinski definition) is 2. The summed E-state index contributed by atoms with van der Waals surface area (Å²) >= 11 is 0. The van der Waals surface area contributed by atoms with Gasteiger partial charge in [-0.15, -0.1) is 12.6 Å². The number of hydrogen-bond acceptors (Lipinski definition) is 2. The van der Waals surface area contributed by atoms with E-state index in [1.54, 1.807) is 0 Å². The van der Waals surface area contributed by atoms with Crippen molar-refractivity contribution in [3.8, 4) is 0 Å². The van der Waals surface area contributed by atoms with Crippen molar-refractivity contribution in [2.45, 2.75) is 45.8 Å². The Balaban J connectivity index is 0. The molecule has 0 heterocycles. The van der Waals surface area contributed by atoms with Crippen LogP contribution in [-0.4, -0.2) is 24.7 Å². The van der Waals surface area contributed by atoms with Crippen molar-refractivity contribution in [1.29, 1.82) is 0 Å². The zero-order valence-corrected chi connectivity index (χ0v) is 12.1. The third kappa shape index (κ3) is 9.33. The molecule has 0 saturated heterocycles. The van der Waals surface area contributed by atoms with Gasteiger partial charge in [-0.2, -0.15) is 6.92 Å². The Kier molecular flexibility index (Phi) is 12.1. The van der Waals surface area contributed by atoms with Crippen LogP contribution in [-0.2, 0) is 32.7 Å². The Morgan fingerprint density at radius 3 is 2.23 bits per heavy atom. The molecule has 0 bridgehead atoms. The molecule has 3 heteroatoms. The van der Waals surface area contributed by atoms with Gasteiger partial charge in [-0.1, -0.05) is 20.8 Å². The summed E-state index contributed by atoms with van der Waals surface area (Å²) in [7, 11) is 0. The molecule has 1 unspecified atom stereocenters. The average Bonchev–Trinajstić information content (AvgIpc) is 1.98. The third-order valence-electron chi connectivity index (χ3n) is 1.78. The maximum Gasteiger partial charge on any atom is 0.00124 e. The number of rotatable bonds is 6. The molecule has 13 heavy (non-hydrogen) atoms. The second kappa shape index (κ2) is 9.57. The van der Waals surface area contributed by atoms with Crippen LogP contribution in [0.4, 0.5) is 0 Å². The molecule has 0 aromatic heterocycles. The monoisotopic (exact) mass is 259 g/mol. The van der Waals surface area contributed by atoms with Crippen molar-refractivity contribution in [1.82, 2.24) is 10.6 Å². The van der Waals surface area contributed by atoms with Crippen molar-refractivity contribution >= 4 is 0 Å². The maximum atomic E-state index is 4.03. The van der Waals surface area contributed by atoms with Crippen LogP contribution in [0.15, 0.2) is 0 Å². The van der Waals surface area contributed by atoms with E-state index in [0.29, 0.717) is 12.1 Å². The molecule has 0 aromatic rings. The molecular weight excluding hydrogens is 237 g/mol. The van der Waals surface area contributed by atoms with Crippen molar-refractivity contribution in [2.24, 2.45) is 0 Å². The van der Waals surface area contributed by atoms with Gasteiger partial charge >= 0.3 is 0 Å². The van der Waals surface area contributed by atoms with Crippen LogP contribution in [0, 0.1) is 13.3 Å². The first-order chi connectivity index (χ1) is 5.57. The van der Waals surface area contributed by atoms with E-state index in [0.717, 1.165) is 6.54 Å². The summed E-state index contributed by atoms with van der Waals surface area (Å²) in [4.78, 5) is 0. The molecule has 0 fully saturated rings. The molecular formula is C10H22N2Y-2. The van der Waals surface area contributed by atoms with Gasteiger partial charge in [0.15, 0.2) is 0 Å². The summed E-state index contributed by atoms with van der Waals surface area (Å²) in [5.74, 6) is 0. The fraction of sp³-hybridized carbons (Fsp3) is 0.800. The van der Waals surface area contributed by atoms with Crippen molar-refractivity contribution in [3.05, 3.63) is 13.3 Å². The molecule has 1 radical (unpaired) electrons. The molecule has 77 valence electrons. The molecule has 0 amide bonds. The van der Waals surface area contributed by atoms with Crippen LogP contribution in [0.5, 0.6) is 0 Å². The molecule has 0 aliphatic rings. The van der Waals surface area contributed by atoms with Crippen LogP contribution in [0.2, 0.25) is 0 Å². The minimum atomic E-state index is 0. The van der Waals surface area contributed by atoms with E-state index in [-0.39, 0.29) is 38.8 Å². The first-order valence-corrected chi connectivity index (χ1v) is 4.68. The molecule has 0 rings (SSSR count). The van der Waals surface area contributed by atoms with Gasteiger partial charge in [-0.25, -0.2) is 0 Å². The molecule has 0 spiro atoms. The molecule has 2 nitrogen and oxygen atoms in total. The first-order valence-electron chi connectivity index (χ1n) is 4.68. The van der Waals surface area contributed by atoms with Gasteiger partial charge < -0.3 is 24.0 Å². The largest absolute Gasteiger partial charge is 0.371 e. The Hall–Kier alpha value is 1.02. The van der Waals surface area contributed by atoms with E-state index < -0.39 is 0 Å². The van der Waals surface area contributed by atoms with Gasteiger partial charge in [0.05, 0.1) is 0 Å². The smallest absolute Gasteiger partial charge is 0.00124 e. The Morgan fingerprint density at radius 2 is 1.85 bits per heavy atom. The van der Waals surface area contributed by atoms with Crippen molar-refractivity contribution < 1.29 is 32.7 Å². The summed E-state index contributed by atoms with van der Waals surface area (Å²) < 4.78 is 0. The summed E-state index contributed by atoms with van der Waals surface area (Å²) in [5.41, 5.74) is 0. The van der Waals surface area contributed by atoms with Gasteiger partial charge in [-0.3, -0.25) is 0 Å². The standard InChI is InChI=1S/C10H22N2.Y/c1-6-7-11-9(4)10(5)12-8(2)3;/h6,8-12H,4,7H2,1-3,5H3;/q-2;/t9?,10-;/m1./s1. The predicted octanol–water partition coefficient (Wildman–Crippen LogP) is 1.39. The van der Waals surface area contributed by atoms with Crippen molar-refractivity contribution in [2.75, 3.05) is 6.54 Å². The molecule has 0 saturated carbocycles. The van der Waals surface area contributed by atoms with Gasteiger partial charge in [0, 0.05) is 38.8 Å². The Labute approximate surface area is 109 Å². The molecule has 0 aliphatic heterocycles. The van der Waals surface area contributed by atoms with Crippen LogP contribution in [0.3, 0.4) is 0 Å². The van der Waals surface area contributed by atoms with E-state index in [2.05, 4.69) is 44.7 Å². The second-order valence-electron chi connectivity index (χ2n) is 3.53. The molecule has 0 aromatic carbocycles. The van der Waals surface area contributed by atoms with E-state index in [1.165, 1.54) is 0 Å². The fourth-order valence-electron chi connectivity index (χ4n) is 1.09. The van der Waals surface area contributed by atoms with Gasteiger partial charge in [0.1, 0.15) is 0 Å². The minimum absolute atomic E-state index is 0. The summed E-state index contributed by atoms with van der Waals surface area (Å²) in [5, 5.41) is 6.72. The third-order valence-corrected chi connectivity index (χ3v) is 1.78. The van der Waals surface area contributed by atoms with Crippen molar-refractivity contribution in [3.63, 3.8) is 0 Å². The topological polar surface area (TPSA) is 24.1 Å². The Bertz CT molecular complexity index is 107. The van der Waals surface area contributed by atoms with E-state index in [4.69, 9.17) is 0 Å². The summed E-state index contributed by atoms with van der Waals surface area (Å²) in [6.45, 7) is 13.5. The van der Waals surface area contributed by atoms with Crippen LogP contribution >= 0.6 is 0 Å². The SMILES string of the molecule is [CH2-]C(NC[CH-]C)[C@@H](C)NC(C)C.[Y]. The van der Waals surface area contributed by atoms with Crippen LogP contribution in [0.1, 0.15) is 27.7 Å². The molecule has 2 atom stereocenters. The van der Waals surface area contributed by atoms with E-state index in [1.807, 2.05) is 6.92 Å². The second-order valence-corrected chi connectivity index (χ2v) is 3.53.